The third-order valence-electron chi connectivity index (χ3n) is 4.29. The van der Waals surface area contributed by atoms with Gasteiger partial charge in [0.05, 0.1) is 27.6 Å². The van der Waals surface area contributed by atoms with Gasteiger partial charge in [-0.3, -0.25) is 5.10 Å². The molecule has 3 rings (SSSR count). The largest absolute Gasteiger partial charge is 0.416 e. The molecule has 1 atom stereocenters. The van der Waals surface area contributed by atoms with E-state index < -0.39 is 47.4 Å². The number of halogens is 3. The van der Waals surface area contributed by atoms with Crippen molar-refractivity contribution >= 4 is 19.9 Å². The molecule has 1 aromatic carbocycles. The van der Waals surface area contributed by atoms with Crippen LogP contribution in [0.3, 0.4) is 0 Å². The van der Waals surface area contributed by atoms with Gasteiger partial charge in [0.2, 0.25) is 10.0 Å². The summed E-state index contributed by atoms with van der Waals surface area (Å²) in [7, 11) is -8.45. The summed E-state index contributed by atoms with van der Waals surface area (Å²) in [6.07, 6.45) is -0.910. The van der Waals surface area contributed by atoms with Crippen LogP contribution in [0.15, 0.2) is 34.2 Å². The maximum atomic E-state index is 13.1. The van der Waals surface area contributed by atoms with Gasteiger partial charge >= 0.3 is 6.18 Å². The summed E-state index contributed by atoms with van der Waals surface area (Å²) in [4.78, 5) is -1.47. The number of benzene rings is 1. The molecule has 0 bridgehead atoms. The summed E-state index contributed by atoms with van der Waals surface area (Å²) < 4.78 is 90.5. The first kappa shape index (κ1) is 19.8. The van der Waals surface area contributed by atoms with Crippen molar-refractivity contribution in [1.29, 1.82) is 0 Å². The van der Waals surface area contributed by atoms with E-state index in [0.29, 0.717) is 43.2 Å². The molecule has 27 heavy (non-hydrogen) atoms. The van der Waals surface area contributed by atoms with Crippen molar-refractivity contribution in [2.45, 2.75) is 41.3 Å². The summed E-state index contributed by atoms with van der Waals surface area (Å²) in [5, 5.41) is 6.62. The first-order valence-corrected chi connectivity index (χ1v) is 11.2. The molecule has 1 heterocycles. The zero-order valence-corrected chi connectivity index (χ0v) is 15.7. The lowest BCUT2D eigenvalue weighted by Crippen LogP contribution is -2.31. The summed E-state index contributed by atoms with van der Waals surface area (Å²) in [6, 6.07) is 0.916. The van der Waals surface area contributed by atoms with Gasteiger partial charge in [-0.2, -0.15) is 18.3 Å². The summed E-state index contributed by atoms with van der Waals surface area (Å²) in [5.74, 6) is 0. The number of H-pyrrole nitrogens is 1. The average molecular weight is 423 g/mol. The molecule has 0 amide bonds. The zero-order valence-electron chi connectivity index (χ0n) is 14.0. The summed E-state index contributed by atoms with van der Waals surface area (Å²) >= 11 is 0. The second-order valence-corrected chi connectivity index (χ2v) is 10.1. The smallest absolute Gasteiger partial charge is 0.282 e. The molecule has 1 aliphatic carbocycles. The van der Waals surface area contributed by atoms with E-state index in [0.717, 1.165) is 11.8 Å². The van der Waals surface area contributed by atoms with E-state index in [4.69, 9.17) is 0 Å². The molecule has 148 valence electrons. The molecule has 0 saturated carbocycles. The Hall–Kier alpha value is -1.92. The molecule has 12 heteroatoms. The Morgan fingerprint density at radius 3 is 2.44 bits per heavy atom. The maximum Gasteiger partial charge on any atom is 0.416 e. The summed E-state index contributed by atoms with van der Waals surface area (Å²) in [6.45, 7) is 0. The Balaban J connectivity index is 2.05. The van der Waals surface area contributed by atoms with Crippen LogP contribution in [0.25, 0.3) is 0 Å². The third kappa shape index (κ3) is 4.17. The Bertz CT molecular complexity index is 1080. The SMILES string of the molecule is CS(=O)(=O)c1cc(C(F)(F)F)cc(S(=O)(=O)N[C@@H]2CCCc3[nH]ncc32)c1. The lowest BCUT2D eigenvalue weighted by atomic mass is 9.94. The number of rotatable bonds is 4. The van der Waals surface area contributed by atoms with Gasteiger partial charge in [-0.15, -0.1) is 0 Å². The van der Waals surface area contributed by atoms with Crippen molar-refractivity contribution in [3.05, 3.63) is 41.2 Å². The highest BCUT2D eigenvalue weighted by molar-refractivity contribution is 7.91. The molecule has 0 radical (unpaired) electrons. The molecule has 2 N–H and O–H groups in total. The molecule has 2 aromatic rings. The number of hydrogen-bond acceptors (Lipinski definition) is 5. The topological polar surface area (TPSA) is 109 Å². The minimum Gasteiger partial charge on any atom is -0.282 e. The maximum absolute atomic E-state index is 13.1. The quantitative estimate of drug-likeness (QED) is 0.784. The molecule has 1 aromatic heterocycles. The highest BCUT2D eigenvalue weighted by Crippen LogP contribution is 2.34. The fourth-order valence-electron chi connectivity index (χ4n) is 2.94. The molecule has 0 fully saturated rings. The van der Waals surface area contributed by atoms with Gasteiger partial charge in [0.25, 0.3) is 0 Å². The standard InChI is InChI=1S/C15H16F3N3O4S2/c1-26(22,23)10-5-9(15(16,17)18)6-11(7-10)27(24,25)21-14-4-2-3-13-12(14)8-19-20-13/h5-8,14,21H,2-4H2,1H3,(H,19,20)/t14-/m1/s1. The second kappa shape index (κ2) is 6.60. The molecular formula is C15H16F3N3O4S2. The van der Waals surface area contributed by atoms with Gasteiger partial charge in [-0.1, -0.05) is 0 Å². The lowest BCUT2D eigenvalue weighted by Gasteiger charge is -2.23. The normalized spacial score (nSPS) is 18.3. The van der Waals surface area contributed by atoms with Crippen LogP contribution in [0.5, 0.6) is 0 Å². The lowest BCUT2D eigenvalue weighted by molar-refractivity contribution is -0.137. The molecule has 0 unspecified atom stereocenters. The van der Waals surface area contributed by atoms with Crippen LogP contribution < -0.4 is 4.72 Å². The van der Waals surface area contributed by atoms with E-state index in [2.05, 4.69) is 14.9 Å². The second-order valence-electron chi connectivity index (χ2n) is 6.33. The van der Waals surface area contributed by atoms with E-state index in [1.54, 1.807) is 0 Å². The van der Waals surface area contributed by atoms with Crippen LogP contribution in [0.2, 0.25) is 0 Å². The van der Waals surface area contributed by atoms with E-state index >= 15 is 0 Å². The predicted molar refractivity (Wildman–Crippen MR) is 89.1 cm³/mol. The number of hydrogen-bond donors (Lipinski definition) is 2. The van der Waals surface area contributed by atoms with Crippen molar-refractivity contribution in [2.24, 2.45) is 0 Å². The van der Waals surface area contributed by atoms with Crippen LogP contribution in [0, 0.1) is 0 Å². The van der Waals surface area contributed by atoms with Gasteiger partial charge in [-0.05, 0) is 37.5 Å². The van der Waals surface area contributed by atoms with Gasteiger partial charge in [0.1, 0.15) is 0 Å². The molecule has 1 aliphatic rings. The minimum atomic E-state index is -4.90. The van der Waals surface area contributed by atoms with Crippen molar-refractivity contribution in [3.8, 4) is 0 Å². The molecule has 0 spiro atoms. The van der Waals surface area contributed by atoms with Crippen molar-refractivity contribution in [1.82, 2.24) is 14.9 Å². The van der Waals surface area contributed by atoms with Crippen molar-refractivity contribution in [3.63, 3.8) is 0 Å². The zero-order chi connectivity index (χ0) is 20.0. The van der Waals surface area contributed by atoms with Gasteiger partial charge in [-0.25, -0.2) is 21.6 Å². The molecule has 7 nitrogen and oxygen atoms in total. The van der Waals surface area contributed by atoms with Crippen LogP contribution in [0.1, 0.15) is 35.7 Å². The number of nitrogens with zero attached hydrogens (tertiary/aromatic N) is 1. The number of aromatic nitrogens is 2. The number of sulfone groups is 1. The molecular weight excluding hydrogens is 407 g/mol. The number of aryl methyl sites for hydroxylation is 1. The average Bonchev–Trinajstić information content (AvgIpc) is 3.02. The summed E-state index contributed by atoms with van der Waals surface area (Å²) in [5.41, 5.74) is 0.0356. The number of alkyl halides is 3. The van der Waals surface area contributed by atoms with Crippen LogP contribution >= 0.6 is 0 Å². The minimum absolute atomic E-state index is 0.420. The first-order valence-electron chi connectivity index (χ1n) is 7.85. The fraction of sp³-hybridized carbons (Fsp3) is 0.400. The van der Waals surface area contributed by atoms with Crippen LogP contribution in [-0.2, 0) is 32.5 Å². The predicted octanol–water partition coefficient (Wildman–Crippen LogP) is 2.19. The Morgan fingerprint density at radius 1 is 1.15 bits per heavy atom. The van der Waals surface area contributed by atoms with E-state index in [1.807, 2.05) is 0 Å². The first-order chi connectivity index (χ1) is 12.4. The number of aromatic amines is 1. The van der Waals surface area contributed by atoms with Gasteiger partial charge in [0, 0.05) is 17.5 Å². The van der Waals surface area contributed by atoms with E-state index in [1.165, 1.54) is 6.20 Å². The van der Waals surface area contributed by atoms with E-state index in [-0.39, 0.29) is 0 Å². The monoisotopic (exact) mass is 423 g/mol. The highest BCUT2D eigenvalue weighted by Gasteiger charge is 2.34. The number of fused-ring (bicyclic) bond motifs is 1. The molecule has 0 saturated heterocycles. The van der Waals surface area contributed by atoms with E-state index in [9.17, 15) is 30.0 Å². The van der Waals surface area contributed by atoms with Crippen molar-refractivity contribution in [2.75, 3.05) is 6.26 Å². The number of sulfonamides is 1. The fourth-order valence-corrected chi connectivity index (χ4v) is 5.02. The van der Waals surface area contributed by atoms with Crippen molar-refractivity contribution < 1.29 is 30.0 Å². The Labute approximate surface area is 154 Å². The third-order valence-corrected chi connectivity index (χ3v) is 6.83. The van der Waals surface area contributed by atoms with Gasteiger partial charge < -0.3 is 0 Å². The molecule has 0 aliphatic heterocycles. The van der Waals surface area contributed by atoms with Gasteiger partial charge in [0.15, 0.2) is 9.84 Å². The van der Waals surface area contributed by atoms with Crippen LogP contribution in [0.4, 0.5) is 13.2 Å². The Kier molecular flexibility index (Phi) is 4.85. The van der Waals surface area contributed by atoms with Crippen LogP contribution in [-0.4, -0.2) is 33.3 Å². The number of nitrogens with one attached hydrogen (secondary N) is 2. The highest BCUT2D eigenvalue weighted by atomic mass is 32.2. The Morgan fingerprint density at radius 2 is 1.81 bits per heavy atom.